The Kier molecular flexibility index (Phi) is 2.36. The molecule has 0 aliphatic heterocycles. The van der Waals surface area contributed by atoms with E-state index >= 15 is 0 Å². The van der Waals surface area contributed by atoms with Crippen LogP contribution in [0.2, 0.25) is 0 Å². The van der Waals surface area contributed by atoms with Crippen LogP contribution in [0.3, 0.4) is 0 Å². The molecule has 1 aromatic heterocycles. The monoisotopic (exact) mass is 196 g/mol. The number of carboxylic acid groups (broad SMARTS) is 1. The highest BCUT2D eigenvalue weighted by Crippen LogP contribution is 2.36. The number of aliphatic carboxylic acids is 1. The van der Waals surface area contributed by atoms with E-state index in [1.807, 2.05) is 0 Å². The molecule has 0 radical (unpaired) electrons. The molecule has 0 saturated carbocycles. The van der Waals surface area contributed by atoms with E-state index in [0.29, 0.717) is 6.42 Å². The minimum absolute atomic E-state index is 0.271. The standard InChI is InChI=1S/C10H12O2S/c11-10(12)6-7-2-1-3-9-8(7)4-5-13-9/h4-5,7H,1-3,6H2,(H,11,12). The molecule has 1 N–H and O–H groups in total. The highest BCUT2D eigenvalue weighted by molar-refractivity contribution is 7.10. The number of fused-ring (bicyclic) bond motifs is 1. The highest BCUT2D eigenvalue weighted by Gasteiger charge is 2.22. The highest BCUT2D eigenvalue weighted by atomic mass is 32.1. The van der Waals surface area contributed by atoms with Gasteiger partial charge in [0.2, 0.25) is 0 Å². The van der Waals surface area contributed by atoms with Gasteiger partial charge in [0.05, 0.1) is 6.42 Å². The third-order valence-electron chi connectivity index (χ3n) is 2.60. The molecule has 2 nitrogen and oxygen atoms in total. The number of hydrogen-bond acceptors (Lipinski definition) is 2. The molecule has 3 heteroatoms. The number of rotatable bonds is 2. The maximum absolute atomic E-state index is 10.6. The van der Waals surface area contributed by atoms with Crippen molar-refractivity contribution in [3.05, 3.63) is 21.9 Å². The first kappa shape index (κ1) is 8.75. The van der Waals surface area contributed by atoms with Crippen LogP contribution in [0.1, 0.15) is 35.6 Å². The van der Waals surface area contributed by atoms with Gasteiger partial charge in [-0.25, -0.2) is 0 Å². The van der Waals surface area contributed by atoms with Crippen molar-refractivity contribution in [1.29, 1.82) is 0 Å². The van der Waals surface area contributed by atoms with Crippen molar-refractivity contribution in [1.82, 2.24) is 0 Å². The Bertz CT molecular complexity index is 316. The van der Waals surface area contributed by atoms with E-state index in [-0.39, 0.29) is 5.92 Å². The second-order valence-corrected chi connectivity index (χ2v) is 4.49. The van der Waals surface area contributed by atoms with E-state index in [0.717, 1.165) is 19.3 Å². The zero-order valence-corrected chi connectivity index (χ0v) is 8.14. The van der Waals surface area contributed by atoms with Gasteiger partial charge < -0.3 is 5.11 Å². The largest absolute Gasteiger partial charge is 0.481 e. The molecule has 1 aromatic rings. The van der Waals surface area contributed by atoms with E-state index in [2.05, 4.69) is 11.4 Å². The summed E-state index contributed by atoms with van der Waals surface area (Å²) in [4.78, 5) is 12.0. The second kappa shape index (κ2) is 3.50. The van der Waals surface area contributed by atoms with Gasteiger partial charge in [0.15, 0.2) is 0 Å². The first-order valence-corrected chi connectivity index (χ1v) is 5.43. The summed E-state index contributed by atoms with van der Waals surface area (Å²) in [5, 5.41) is 10.8. The normalized spacial score (nSPS) is 21.1. The molecule has 0 spiro atoms. The van der Waals surface area contributed by atoms with Gasteiger partial charge in [-0.1, -0.05) is 0 Å². The van der Waals surface area contributed by atoms with Gasteiger partial charge in [0.25, 0.3) is 0 Å². The maximum atomic E-state index is 10.6. The molecule has 13 heavy (non-hydrogen) atoms. The summed E-state index contributed by atoms with van der Waals surface area (Å²) in [6.07, 6.45) is 3.62. The van der Waals surface area contributed by atoms with Crippen LogP contribution in [-0.2, 0) is 11.2 Å². The lowest BCUT2D eigenvalue weighted by atomic mass is 9.86. The predicted octanol–water partition coefficient (Wildman–Crippen LogP) is 2.64. The fourth-order valence-electron chi connectivity index (χ4n) is 2.00. The molecular formula is C10H12O2S. The van der Waals surface area contributed by atoms with Crippen LogP contribution in [-0.4, -0.2) is 11.1 Å². The first-order chi connectivity index (χ1) is 6.27. The van der Waals surface area contributed by atoms with Crippen molar-refractivity contribution < 1.29 is 9.90 Å². The van der Waals surface area contributed by atoms with Crippen LogP contribution in [0.5, 0.6) is 0 Å². The zero-order chi connectivity index (χ0) is 9.26. The molecule has 0 aromatic carbocycles. The molecular weight excluding hydrogens is 184 g/mol. The zero-order valence-electron chi connectivity index (χ0n) is 7.32. The van der Waals surface area contributed by atoms with Gasteiger partial charge in [0, 0.05) is 4.88 Å². The molecule has 1 atom stereocenters. The second-order valence-electron chi connectivity index (χ2n) is 3.49. The molecule has 1 unspecified atom stereocenters. The van der Waals surface area contributed by atoms with Crippen molar-refractivity contribution in [3.8, 4) is 0 Å². The van der Waals surface area contributed by atoms with E-state index < -0.39 is 5.97 Å². The van der Waals surface area contributed by atoms with E-state index in [1.54, 1.807) is 11.3 Å². The van der Waals surface area contributed by atoms with Crippen LogP contribution in [0.15, 0.2) is 11.4 Å². The number of thiophene rings is 1. The molecule has 1 heterocycles. The Morgan fingerprint density at radius 3 is 3.31 bits per heavy atom. The quantitative estimate of drug-likeness (QED) is 0.789. The SMILES string of the molecule is O=C(O)CC1CCCc2sccc21. The van der Waals surface area contributed by atoms with E-state index in [9.17, 15) is 4.79 Å². The van der Waals surface area contributed by atoms with Crippen molar-refractivity contribution in [2.24, 2.45) is 0 Å². The Labute approximate surface area is 81.2 Å². The molecule has 2 rings (SSSR count). The first-order valence-electron chi connectivity index (χ1n) is 4.55. The topological polar surface area (TPSA) is 37.3 Å². The van der Waals surface area contributed by atoms with Crippen LogP contribution < -0.4 is 0 Å². The van der Waals surface area contributed by atoms with Crippen LogP contribution in [0, 0.1) is 0 Å². The molecule has 0 amide bonds. The van der Waals surface area contributed by atoms with Crippen LogP contribution in [0.25, 0.3) is 0 Å². The maximum Gasteiger partial charge on any atom is 0.303 e. The predicted molar refractivity (Wildman–Crippen MR) is 52.3 cm³/mol. The Morgan fingerprint density at radius 1 is 1.69 bits per heavy atom. The summed E-state index contributed by atoms with van der Waals surface area (Å²) < 4.78 is 0. The third kappa shape index (κ3) is 1.75. The van der Waals surface area contributed by atoms with Crippen molar-refractivity contribution >= 4 is 17.3 Å². The molecule has 70 valence electrons. The average Bonchev–Trinajstić information content (AvgIpc) is 2.51. The summed E-state index contributed by atoms with van der Waals surface area (Å²) in [7, 11) is 0. The smallest absolute Gasteiger partial charge is 0.303 e. The van der Waals surface area contributed by atoms with Crippen LogP contribution in [0.4, 0.5) is 0 Å². The molecule has 1 aliphatic carbocycles. The molecule has 0 bridgehead atoms. The third-order valence-corrected chi connectivity index (χ3v) is 3.59. The summed E-state index contributed by atoms with van der Waals surface area (Å²) in [5.41, 5.74) is 1.29. The Hall–Kier alpha value is -0.830. The van der Waals surface area contributed by atoms with E-state index in [1.165, 1.54) is 10.4 Å². The minimum Gasteiger partial charge on any atom is -0.481 e. The lowest BCUT2D eigenvalue weighted by Gasteiger charge is -2.20. The summed E-state index contributed by atoms with van der Waals surface area (Å²) >= 11 is 1.76. The average molecular weight is 196 g/mol. The molecule has 1 aliphatic rings. The summed E-state index contributed by atoms with van der Waals surface area (Å²) in [5.74, 6) is -0.406. The molecule has 0 fully saturated rings. The fraction of sp³-hybridized carbons (Fsp3) is 0.500. The number of aryl methyl sites for hydroxylation is 1. The van der Waals surface area contributed by atoms with Gasteiger partial charge in [0.1, 0.15) is 0 Å². The summed E-state index contributed by atoms with van der Waals surface area (Å²) in [6, 6.07) is 2.09. The number of carbonyl (C=O) groups is 1. The minimum atomic E-state index is -0.677. The van der Waals surface area contributed by atoms with Gasteiger partial charge in [-0.2, -0.15) is 0 Å². The number of hydrogen-bond donors (Lipinski definition) is 1. The van der Waals surface area contributed by atoms with Crippen molar-refractivity contribution in [2.45, 2.75) is 31.6 Å². The van der Waals surface area contributed by atoms with Crippen LogP contribution >= 0.6 is 11.3 Å². The lowest BCUT2D eigenvalue weighted by molar-refractivity contribution is -0.137. The van der Waals surface area contributed by atoms with Gasteiger partial charge >= 0.3 is 5.97 Å². The Morgan fingerprint density at radius 2 is 2.54 bits per heavy atom. The summed E-state index contributed by atoms with van der Waals surface area (Å²) in [6.45, 7) is 0. The van der Waals surface area contributed by atoms with E-state index in [4.69, 9.17) is 5.11 Å². The van der Waals surface area contributed by atoms with Crippen molar-refractivity contribution in [3.63, 3.8) is 0 Å². The van der Waals surface area contributed by atoms with Gasteiger partial charge in [-0.05, 0) is 42.2 Å². The van der Waals surface area contributed by atoms with Crippen molar-refractivity contribution in [2.75, 3.05) is 0 Å². The van der Waals surface area contributed by atoms with Gasteiger partial charge in [-0.15, -0.1) is 11.3 Å². The fourth-order valence-corrected chi connectivity index (χ4v) is 3.02. The lowest BCUT2D eigenvalue weighted by Crippen LogP contribution is -2.11. The molecule has 0 saturated heterocycles. The van der Waals surface area contributed by atoms with Gasteiger partial charge in [-0.3, -0.25) is 4.79 Å². The Balaban J connectivity index is 2.20. The number of carboxylic acids is 1.